The Morgan fingerprint density at radius 2 is 1.83 bits per heavy atom. The van der Waals surface area contributed by atoms with Crippen LogP contribution in [0.2, 0.25) is 0 Å². The molecule has 0 aliphatic carbocycles. The number of rotatable bonds is 7. The Morgan fingerprint density at radius 3 is 2.28 bits per heavy atom. The van der Waals surface area contributed by atoms with E-state index in [1.54, 1.807) is 6.92 Å². The summed E-state index contributed by atoms with van der Waals surface area (Å²) in [6, 6.07) is -2.12. The smallest absolute Gasteiger partial charge is 0.328 e. The molecule has 8 heteroatoms. The van der Waals surface area contributed by atoms with Crippen molar-refractivity contribution in [3.8, 4) is 0 Å². The summed E-state index contributed by atoms with van der Waals surface area (Å²) in [6.07, 6.45) is -1.11. The number of aliphatic carboxylic acids is 1. The highest BCUT2D eigenvalue weighted by atomic mass is 16.4. The van der Waals surface area contributed by atoms with Crippen LogP contribution in [0.5, 0.6) is 0 Å². The Kier molecular flexibility index (Phi) is 7.45. The maximum atomic E-state index is 11.3. The maximum absolute atomic E-state index is 11.3. The number of aliphatic hydroxyl groups is 1. The van der Waals surface area contributed by atoms with E-state index >= 15 is 0 Å². The van der Waals surface area contributed by atoms with E-state index in [0.29, 0.717) is 6.54 Å². The molecule has 8 nitrogen and oxygen atoms in total. The lowest BCUT2D eigenvalue weighted by molar-refractivity contribution is -0.141. The van der Waals surface area contributed by atoms with Crippen LogP contribution in [0.15, 0.2) is 0 Å². The van der Waals surface area contributed by atoms with Crippen LogP contribution in [0, 0.1) is 0 Å². The SMILES string of the molecule is CCNC(=O)CCNC(=O)N[C@H](C(=O)O)[C@@H](C)O. The Balaban J connectivity index is 3.96. The normalized spacial score (nSPS) is 13.3. The molecule has 0 fully saturated rings. The van der Waals surface area contributed by atoms with Crippen molar-refractivity contribution in [1.29, 1.82) is 0 Å². The van der Waals surface area contributed by atoms with Gasteiger partial charge < -0.3 is 26.2 Å². The summed E-state index contributed by atoms with van der Waals surface area (Å²) >= 11 is 0. The minimum Gasteiger partial charge on any atom is -0.480 e. The maximum Gasteiger partial charge on any atom is 0.328 e. The second kappa shape index (κ2) is 8.29. The molecule has 0 unspecified atom stereocenters. The first kappa shape index (κ1) is 16.2. The summed E-state index contributed by atoms with van der Waals surface area (Å²) in [6.45, 7) is 3.63. The van der Waals surface area contributed by atoms with Gasteiger partial charge in [0.25, 0.3) is 0 Å². The number of nitrogens with one attached hydrogen (secondary N) is 3. The molecule has 18 heavy (non-hydrogen) atoms. The number of aliphatic hydroxyl groups excluding tert-OH is 1. The number of hydrogen-bond acceptors (Lipinski definition) is 4. The van der Waals surface area contributed by atoms with E-state index in [1.165, 1.54) is 6.92 Å². The zero-order valence-electron chi connectivity index (χ0n) is 10.4. The molecule has 2 atom stereocenters. The number of carboxylic acids is 1. The minimum atomic E-state index is -1.38. The van der Waals surface area contributed by atoms with E-state index in [9.17, 15) is 14.4 Å². The molecule has 0 aromatic heterocycles. The van der Waals surface area contributed by atoms with Gasteiger partial charge in [0.2, 0.25) is 5.91 Å². The van der Waals surface area contributed by atoms with Crippen molar-refractivity contribution >= 4 is 17.9 Å². The van der Waals surface area contributed by atoms with Gasteiger partial charge in [-0.15, -0.1) is 0 Å². The van der Waals surface area contributed by atoms with Crippen molar-refractivity contribution in [1.82, 2.24) is 16.0 Å². The molecule has 5 N–H and O–H groups in total. The number of urea groups is 1. The fourth-order valence-electron chi connectivity index (χ4n) is 1.16. The fraction of sp³-hybridized carbons (Fsp3) is 0.700. The van der Waals surface area contributed by atoms with Crippen LogP contribution in [0.4, 0.5) is 4.79 Å². The van der Waals surface area contributed by atoms with Crippen molar-refractivity contribution < 1.29 is 24.6 Å². The quantitative estimate of drug-likeness (QED) is 0.387. The Bertz CT molecular complexity index is 306. The minimum absolute atomic E-state index is 0.0871. The average molecular weight is 261 g/mol. The van der Waals surface area contributed by atoms with Gasteiger partial charge in [0.15, 0.2) is 6.04 Å². The third kappa shape index (κ3) is 6.69. The molecular weight excluding hydrogens is 242 g/mol. The van der Waals surface area contributed by atoms with Crippen molar-refractivity contribution in [3.05, 3.63) is 0 Å². The molecule has 0 aromatic rings. The van der Waals surface area contributed by atoms with Crippen LogP contribution in [0.25, 0.3) is 0 Å². The summed E-state index contributed by atoms with van der Waals surface area (Å²) in [4.78, 5) is 33.0. The number of carboxylic acid groups (broad SMARTS) is 1. The topological polar surface area (TPSA) is 128 Å². The van der Waals surface area contributed by atoms with Gasteiger partial charge in [0.05, 0.1) is 6.10 Å². The average Bonchev–Trinajstić information content (AvgIpc) is 2.25. The highest BCUT2D eigenvalue weighted by Crippen LogP contribution is 1.92. The number of amides is 3. The molecule has 0 rings (SSSR count). The summed E-state index contributed by atoms with van der Waals surface area (Å²) in [7, 11) is 0. The molecule has 0 saturated carbocycles. The van der Waals surface area contributed by atoms with Crippen LogP contribution < -0.4 is 16.0 Å². The highest BCUT2D eigenvalue weighted by Gasteiger charge is 2.24. The van der Waals surface area contributed by atoms with Crippen LogP contribution in [-0.4, -0.2) is 53.4 Å². The van der Waals surface area contributed by atoms with Gasteiger partial charge in [0, 0.05) is 19.5 Å². The van der Waals surface area contributed by atoms with Crippen LogP contribution in [0.3, 0.4) is 0 Å². The van der Waals surface area contributed by atoms with Crippen LogP contribution >= 0.6 is 0 Å². The first-order chi connectivity index (χ1) is 8.38. The molecule has 0 spiro atoms. The lowest BCUT2D eigenvalue weighted by Gasteiger charge is -2.17. The lowest BCUT2D eigenvalue weighted by Crippen LogP contribution is -2.51. The van der Waals surface area contributed by atoms with Crippen molar-refractivity contribution in [2.24, 2.45) is 0 Å². The van der Waals surface area contributed by atoms with E-state index in [4.69, 9.17) is 10.2 Å². The summed E-state index contributed by atoms with van der Waals surface area (Å²) in [5.41, 5.74) is 0. The zero-order valence-corrected chi connectivity index (χ0v) is 10.4. The van der Waals surface area contributed by atoms with Crippen molar-refractivity contribution in [3.63, 3.8) is 0 Å². The molecule has 0 saturated heterocycles. The van der Waals surface area contributed by atoms with Gasteiger partial charge in [0.1, 0.15) is 0 Å². The van der Waals surface area contributed by atoms with Crippen molar-refractivity contribution in [2.75, 3.05) is 13.1 Å². The summed E-state index contributed by atoms with van der Waals surface area (Å²) < 4.78 is 0. The van der Waals surface area contributed by atoms with E-state index < -0.39 is 24.1 Å². The Labute approximate surface area is 105 Å². The molecule has 0 aliphatic heterocycles. The molecule has 0 aromatic carbocycles. The molecular formula is C10H19N3O5. The van der Waals surface area contributed by atoms with Crippen molar-refractivity contribution in [2.45, 2.75) is 32.4 Å². The molecule has 0 heterocycles. The molecule has 0 aliphatic rings. The standard InChI is InChI=1S/C10H19N3O5/c1-3-11-7(15)4-5-12-10(18)13-8(6(2)14)9(16)17/h6,8,14H,3-5H2,1-2H3,(H,11,15)(H,16,17)(H2,12,13,18)/t6-,8+/m1/s1. The number of carbonyl (C=O) groups excluding carboxylic acids is 2. The third-order valence-electron chi connectivity index (χ3n) is 2.05. The van der Waals surface area contributed by atoms with Gasteiger partial charge >= 0.3 is 12.0 Å². The molecule has 3 amide bonds. The monoisotopic (exact) mass is 261 g/mol. The highest BCUT2D eigenvalue weighted by molar-refractivity contribution is 5.83. The van der Waals surface area contributed by atoms with E-state index in [1.807, 2.05) is 0 Å². The predicted molar refractivity (Wildman–Crippen MR) is 62.9 cm³/mol. The van der Waals surface area contributed by atoms with Crippen LogP contribution in [0.1, 0.15) is 20.3 Å². The number of hydrogen-bond donors (Lipinski definition) is 5. The summed E-state index contributed by atoms with van der Waals surface area (Å²) in [5, 5.41) is 24.8. The van der Waals surface area contributed by atoms with Gasteiger partial charge in [-0.1, -0.05) is 0 Å². The Morgan fingerprint density at radius 1 is 1.22 bits per heavy atom. The fourth-order valence-corrected chi connectivity index (χ4v) is 1.16. The van der Waals surface area contributed by atoms with E-state index in [-0.39, 0.29) is 18.9 Å². The van der Waals surface area contributed by atoms with Crippen LogP contribution in [-0.2, 0) is 9.59 Å². The van der Waals surface area contributed by atoms with Gasteiger partial charge in [-0.2, -0.15) is 0 Å². The van der Waals surface area contributed by atoms with Gasteiger partial charge in [-0.25, -0.2) is 9.59 Å². The first-order valence-electron chi connectivity index (χ1n) is 5.60. The van der Waals surface area contributed by atoms with Gasteiger partial charge in [-0.3, -0.25) is 4.79 Å². The third-order valence-corrected chi connectivity index (χ3v) is 2.05. The molecule has 104 valence electrons. The Hall–Kier alpha value is -1.83. The predicted octanol–water partition coefficient (Wildman–Crippen LogP) is -1.35. The van der Waals surface area contributed by atoms with E-state index in [2.05, 4.69) is 16.0 Å². The molecule has 0 radical (unpaired) electrons. The number of carbonyl (C=O) groups is 3. The van der Waals surface area contributed by atoms with E-state index in [0.717, 1.165) is 0 Å². The lowest BCUT2D eigenvalue weighted by atomic mass is 10.2. The largest absolute Gasteiger partial charge is 0.480 e. The summed E-state index contributed by atoms with van der Waals surface area (Å²) in [5.74, 6) is -1.54. The first-order valence-corrected chi connectivity index (χ1v) is 5.60. The second-order valence-corrected chi connectivity index (χ2v) is 3.66. The molecule has 0 bridgehead atoms. The second-order valence-electron chi connectivity index (χ2n) is 3.66. The van der Waals surface area contributed by atoms with Gasteiger partial charge in [-0.05, 0) is 13.8 Å². The zero-order chi connectivity index (χ0) is 14.1.